The minimum Gasteiger partial charge on any atom is -0.329 e. The SMILES string of the molecule is NCCN(CCN)C(n1cncn1)n1cncn1. The van der Waals surface area contributed by atoms with Crippen LogP contribution in [0.2, 0.25) is 0 Å². The van der Waals surface area contributed by atoms with Gasteiger partial charge in [-0.25, -0.2) is 19.3 Å². The highest BCUT2D eigenvalue weighted by molar-refractivity contribution is 4.74. The van der Waals surface area contributed by atoms with E-state index in [-0.39, 0.29) is 6.29 Å². The van der Waals surface area contributed by atoms with E-state index in [4.69, 9.17) is 11.5 Å². The summed E-state index contributed by atoms with van der Waals surface area (Å²) in [6.45, 7) is 2.42. The van der Waals surface area contributed by atoms with Crippen LogP contribution in [0.25, 0.3) is 0 Å². The minimum absolute atomic E-state index is 0.248. The van der Waals surface area contributed by atoms with Crippen molar-refractivity contribution in [3.05, 3.63) is 25.3 Å². The molecule has 4 N–H and O–H groups in total. The molecular weight excluding hydrogens is 234 g/mol. The van der Waals surface area contributed by atoms with Crippen LogP contribution in [0.15, 0.2) is 25.3 Å². The summed E-state index contributed by atoms with van der Waals surface area (Å²) in [5, 5.41) is 8.30. The highest BCUT2D eigenvalue weighted by atomic mass is 15.6. The Morgan fingerprint density at radius 3 is 1.78 bits per heavy atom. The van der Waals surface area contributed by atoms with Crippen molar-refractivity contribution in [2.75, 3.05) is 26.2 Å². The molecule has 0 unspecified atom stereocenters. The molecule has 2 aromatic rings. The maximum atomic E-state index is 5.63. The molecule has 9 nitrogen and oxygen atoms in total. The molecule has 0 atom stereocenters. The first-order valence-corrected chi connectivity index (χ1v) is 5.69. The zero-order valence-corrected chi connectivity index (χ0v) is 10.0. The maximum Gasteiger partial charge on any atom is 0.203 e. The van der Waals surface area contributed by atoms with Crippen molar-refractivity contribution >= 4 is 0 Å². The molecule has 0 bridgehead atoms. The third-order valence-electron chi connectivity index (χ3n) is 2.51. The average molecular weight is 251 g/mol. The summed E-state index contributed by atoms with van der Waals surface area (Å²) < 4.78 is 3.39. The summed E-state index contributed by atoms with van der Waals surface area (Å²) in [5.74, 6) is 0. The Bertz CT molecular complexity index is 383. The van der Waals surface area contributed by atoms with E-state index >= 15 is 0 Å². The third-order valence-corrected chi connectivity index (χ3v) is 2.51. The summed E-state index contributed by atoms with van der Waals surface area (Å²) >= 11 is 0. The van der Waals surface area contributed by atoms with E-state index in [0.717, 1.165) is 0 Å². The molecule has 0 aliphatic heterocycles. The molecule has 0 aromatic carbocycles. The van der Waals surface area contributed by atoms with Crippen LogP contribution in [-0.4, -0.2) is 60.6 Å². The van der Waals surface area contributed by atoms with Crippen LogP contribution in [0.1, 0.15) is 6.29 Å². The molecular formula is C9H17N9. The third kappa shape index (κ3) is 2.70. The second kappa shape index (κ2) is 6.19. The number of nitrogens with zero attached hydrogens (tertiary/aromatic N) is 7. The van der Waals surface area contributed by atoms with Crippen molar-refractivity contribution in [1.29, 1.82) is 0 Å². The summed E-state index contributed by atoms with van der Waals surface area (Å²) in [4.78, 5) is 9.99. The number of hydrogen-bond acceptors (Lipinski definition) is 7. The van der Waals surface area contributed by atoms with Gasteiger partial charge in [-0.15, -0.1) is 0 Å². The van der Waals surface area contributed by atoms with Crippen LogP contribution in [0.4, 0.5) is 0 Å². The van der Waals surface area contributed by atoms with E-state index in [1.54, 1.807) is 22.0 Å². The Morgan fingerprint density at radius 1 is 0.944 bits per heavy atom. The van der Waals surface area contributed by atoms with Gasteiger partial charge in [0.15, 0.2) is 0 Å². The minimum atomic E-state index is -0.248. The Morgan fingerprint density at radius 2 is 1.44 bits per heavy atom. The smallest absolute Gasteiger partial charge is 0.203 e. The molecule has 0 amide bonds. The van der Waals surface area contributed by atoms with Crippen LogP contribution >= 0.6 is 0 Å². The Balaban J connectivity index is 2.28. The summed E-state index contributed by atoms with van der Waals surface area (Å²) in [6, 6.07) is 0. The highest BCUT2D eigenvalue weighted by Gasteiger charge is 2.22. The van der Waals surface area contributed by atoms with Gasteiger partial charge in [0, 0.05) is 26.2 Å². The normalized spacial score (nSPS) is 11.6. The second-order valence-electron chi connectivity index (χ2n) is 3.71. The molecule has 0 saturated heterocycles. The molecule has 2 heterocycles. The van der Waals surface area contributed by atoms with Gasteiger partial charge >= 0.3 is 0 Å². The molecule has 0 spiro atoms. The van der Waals surface area contributed by atoms with Crippen LogP contribution in [0.5, 0.6) is 0 Å². The standard InChI is InChI=1S/C9H17N9/c10-1-3-16(4-2-11)9(17-7-12-5-14-17)18-8-13-6-15-18/h5-9H,1-4,10-11H2. The topological polar surface area (TPSA) is 117 Å². The average Bonchev–Trinajstić information content (AvgIpc) is 3.03. The molecule has 2 aromatic heterocycles. The maximum absolute atomic E-state index is 5.63. The van der Waals surface area contributed by atoms with E-state index in [9.17, 15) is 0 Å². The molecule has 0 fully saturated rings. The first-order valence-electron chi connectivity index (χ1n) is 5.69. The van der Waals surface area contributed by atoms with Crippen molar-refractivity contribution in [3.8, 4) is 0 Å². The van der Waals surface area contributed by atoms with Crippen molar-refractivity contribution in [1.82, 2.24) is 34.4 Å². The van der Waals surface area contributed by atoms with Crippen LogP contribution in [-0.2, 0) is 0 Å². The Hall–Kier alpha value is -1.84. The number of aromatic nitrogens is 6. The van der Waals surface area contributed by atoms with E-state index in [1.807, 2.05) is 0 Å². The predicted molar refractivity (Wildman–Crippen MR) is 64.2 cm³/mol. The first kappa shape index (κ1) is 12.6. The van der Waals surface area contributed by atoms with E-state index in [1.165, 1.54) is 12.7 Å². The number of rotatable bonds is 7. The van der Waals surface area contributed by atoms with Crippen molar-refractivity contribution in [3.63, 3.8) is 0 Å². The van der Waals surface area contributed by atoms with Crippen molar-refractivity contribution in [2.24, 2.45) is 11.5 Å². The van der Waals surface area contributed by atoms with Gasteiger partial charge in [-0.2, -0.15) is 10.2 Å². The van der Waals surface area contributed by atoms with Gasteiger partial charge in [0.05, 0.1) is 0 Å². The fourth-order valence-electron chi connectivity index (χ4n) is 1.80. The molecule has 0 saturated carbocycles. The summed E-state index contributed by atoms with van der Waals surface area (Å²) in [6.07, 6.45) is 5.97. The highest BCUT2D eigenvalue weighted by Crippen LogP contribution is 2.11. The van der Waals surface area contributed by atoms with Crippen LogP contribution in [0, 0.1) is 0 Å². The zero-order valence-electron chi connectivity index (χ0n) is 10.0. The van der Waals surface area contributed by atoms with Gasteiger partial charge < -0.3 is 11.5 Å². The van der Waals surface area contributed by atoms with Crippen LogP contribution < -0.4 is 11.5 Å². The van der Waals surface area contributed by atoms with Crippen molar-refractivity contribution < 1.29 is 0 Å². The monoisotopic (exact) mass is 251 g/mol. The molecule has 18 heavy (non-hydrogen) atoms. The molecule has 0 aliphatic rings. The van der Waals surface area contributed by atoms with Gasteiger partial charge in [0.1, 0.15) is 25.3 Å². The zero-order chi connectivity index (χ0) is 12.8. The van der Waals surface area contributed by atoms with E-state index in [0.29, 0.717) is 26.2 Å². The molecule has 0 aliphatic carbocycles. The Labute approximate surface area is 104 Å². The second-order valence-corrected chi connectivity index (χ2v) is 3.71. The lowest BCUT2D eigenvalue weighted by Gasteiger charge is -2.30. The van der Waals surface area contributed by atoms with Gasteiger partial charge in [-0.05, 0) is 0 Å². The molecule has 98 valence electrons. The van der Waals surface area contributed by atoms with Gasteiger partial charge in [-0.3, -0.25) is 4.90 Å². The van der Waals surface area contributed by atoms with E-state index in [2.05, 4.69) is 25.1 Å². The quantitative estimate of drug-likeness (QED) is 0.590. The fraction of sp³-hybridized carbons (Fsp3) is 0.556. The van der Waals surface area contributed by atoms with Gasteiger partial charge in [0.25, 0.3) is 0 Å². The number of hydrogen-bond donors (Lipinski definition) is 2. The lowest BCUT2D eigenvalue weighted by molar-refractivity contribution is 0.0951. The fourth-order valence-corrected chi connectivity index (χ4v) is 1.80. The Kier molecular flexibility index (Phi) is 4.34. The first-order chi connectivity index (χ1) is 8.86. The number of nitrogens with two attached hydrogens (primary N) is 2. The predicted octanol–water partition coefficient (Wildman–Crippen LogP) is -1.91. The van der Waals surface area contributed by atoms with E-state index < -0.39 is 0 Å². The summed E-state index contributed by atoms with van der Waals surface area (Å²) in [5.41, 5.74) is 11.3. The largest absolute Gasteiger partial charge is 0.329 e. The summed E-state index contributed by atoms with van der Waals surface area (Å²) in [7, 11) is 0. The molecule has 0 radical (unpaired) electrons. The van der Waals surface area contributed by atoms with Gasteiger partial charge in [0.2, 0.25) is 6.29 Å². The van der Waals surface area contributed by atoms with Crippen molar-refractivity contribution in [2.45, 2.75) is 6.29 Å². The lowest BCUT2D eigenvalue weighted by Crippen LogP contribution is -2.43. The lowest BCUT2D eigenvalue weighted by atomic mass is 10.4. The van der Waals surface area contributed by atoms with Gasteiger partial charge in [-0.1, -0.05) is 0 Å². The van der Waals surface area contributed by atoms with Crippen LogP contribution in [0.3, 0.4) is 0 Å². The molecule has 2 rings (SSSR count). The molecule has 9 heteroatoms.